The van der Waals surface area contributed by atoms with Gasteiger partial charge in [0.05, 0.1) is 5.92 Å². The largest absolute Gasteiger partial charge is 0.335 e. The Morgan fingerprint density at radius 3 is 2.65 bits per heavy atom. The van der Waals surface area contributed by atoms with Crippen LogP contribution < -0.4 is 0 Å². The topological polar surface area (TPSA) is 39.7 Å². The van der Waals surface area contributed by atoms with Gasteiger partial charge in [0.15, 0.2) is 0 Å². The van der Waals surface area contributed by atoms with E-state index in [1.165, 1.54) is 18.4 Å². The first-order chi connectivity index (χ1) is 12.8. The van der Waals surface area contributed by atoms with Crippen LogP contribution in [0.15, 0.2) is 36.7 Å². The molecule has 1 amide bonds. The Hall–Kier alpha value is -1.72. The minimum atomic E-state index is 0.206. The Balaban J connectivity index is 1.26. The van der Waals surface area contributed by atoms with Crippen molar-refractivity contribution in [3.63, 3.8) is 0 Å². The van der Waals surface area contributed by atoms with Crippen molar-refractivity contribution in [1.82, 2.24) is 19.7 Å². The number of pyridine rings is 1. The summed E-state index contributed by atoms with van der Waals surface area (Å²) in [6.45, 7) is 7.03. The number of hydrogen-bond donors (Lipinski definition) is 0. The van der Waals surface area contributed by atoms with Crippen LogP contribution >= 0.6 is 0 Å². The summed E-state index contributed by atoms with van der Waals surface area (Å²) < 4.78 is 0. The monoisotopic (exact) mass is 354 g/mol. The summed E-state index contributed by atoms with van der Waals surface area (Å²) in [4.78, 5) is 24.1. The van der Waals surface area contributed by atoms with Crippen LogP contribution in [0.5, 0.6) is 0 Å². The lowest BCUT2D eigenvalue weighted by Gasteiger charge is -2.42. The van der Waals surface area contributed by atoms with E-state index in [2.05, 4.69) is 33.0 Å². The third kappa shape index (κ3) is 4.15. The van der Waals surface area contributed by atoms with Crippen molar-refractivity contribution in [3.8, 4) is 0 Å². The minimum absolute atomic E-state index is 0.206. The smallest absolute Gasteiger partial charge is 0.227 e. The normalized spacial score (nSPS) is 25.7. The van der Waals surface area contributed by atoms with Crippen molar-refractivity contribution in [2.45, 2.75) is 38.3 Å². The van der Waals surface area contributed by atoms with Crippen molar-refractivity contribution < 1.29 is 4.79 Å². The highest BCUT2D eigenvalue weighted by Crippen LogP contribution is 2.26. The lowest BCUT2D eigenvalue weighted by atomic mass is 9.93. The van der Waals surface area contributed by atoms with Gasteiger partial charge < -0.3 is 4.90 Å². The third-order valence-corrected chi connectivity index (χ3v) is 6.13. The molecular weight excluding hydrogens is 324 g/mol. The first-order valence-electron chi connectivity index (χ1n) is 10.1. The molecule has 0 saturated carbocycles. The van der Waals surface area contributed by atoms with Crippen LogP contribution in [0, 0.1) is 5.92 Å². The molecule has 3 aliphatic rings. The minimum Gasteiger partial charge on any atom is -0.335 e. The van der Waals surface area contributed by atoms with Gasteiger partial charge in [0, 0.05) is 44.6 Å². The average Bonchev–Trinajstić information content (AvgIpc) is 3.24. The molecule has 0 radical (unpaired) electrons. The SMILES string of the molecule is O=C(C1CCCN(C2CCN(Cc3cccnc3)CC2)C1)N1CC=CC1. The fourth-order valence-electron chi connectivity index (χ4n) is 4.65. The molecule has 4 heterocycles. The molecule has 5 nitrogen and oxygen atoms in total. The summed E-state index contributed by atoms with van der Waals surface area (Å²) in [5, 5.41) is 0. The van der Waals surface area contributed by atoms with E-state index < -0.39 is 0 Å². The van der Waals surface area contributed by atoms with Crippen LogP contribution in [0.4, 0.5) is 0 Å². The zero-order valence-corrected chi connectivity index (χ0v) is 15.6. The fourth-order valence-corrected chi connectivity index (χ4v) is 4.65. The summed E-state index contributed by atoms with van der Waals surface area (Å²) in [6, 6.07) is 4.82. The second kappa shape index (κ2) is 8.31. The number of likely N-dealkylation sites (tertiary alicyclic amines) is 2. The van der Waals surface area contributed by atoms with Gasteiger partial charge in [0.1, 0.15) is 0 Å². The first kappa shape index (κ1) is 17.7. The van der Waals surface area contributed by atoms with Crippen molar-refractivity contribution in [2.24, 2.45) is 5.92 Å². The summed E-state index contributed by atoms with van der Waals surface area (Å²) in [7, 11) is 0. The Morgan fingerprint density at radius 1 is 1.12 bits per heavy atom. The van der Waals surface area contributed by atoms with Crippen LogP contribution in [0.1, 0.15) is 31.2 Å². The second-order valence-corrected chi connectivity index (χ2v) is 7.92. The highest BCUT2D eigenvalue weighted by atomic mass is 16.2. The number of rotatable bonds is 4. The van der Waals surface area contributed by atoms with E-state index in [0.717, 1.165) is 58.7 Å². The second-order valence-electron chi connectivity index (χ2n) is 7.92. The molecule has 0 aliphatic carbocycles. The fraction of sp³-hybridized carbons (Fsp3) is 0.619. The first-order valence-corrected chi connectivity index (χ1v) is 10.1. The molecule has 1 aromatic heterocycles. The van der Waals surface area contributed by atoms with E-state index in [0.29, 0.717) is 11.9 Å². The van der Waals surface area contributed by atoms with Gasteiger partial charge in [-0.15, -0.1) is 0 Å². The van der Waals surface area contributed by atoms with E-state index in [4.69, 9.17) is 0 Å². The summed E-state index contributed by atoms with van der Waals surface area (Å²) >= 11 is 0. The zero-order valence-electron chi connectivity index (χ0n) is 15.6. The van der Waals surface area contributed by atoms with Gasteiger partial charge >= 0.3 is 0 Å². The molecule has 0 spiro atoms. The molecule has 5 heteroatoms. The van der Waals surface area contributed by atoms with E-state index >= 15 is 0 Å². The summed E-state index contributed by atoms with van der Waals surface area (Å²) in [5.41, 5.74) is 1.30. The third-order valence-electron chi connectivity index (χ3n) is 6.13. The molecule has 1 unspecified atom stereocenters. The Morgan fingerprint density at radius 2 is 1.92 bits per heavy atom. The maximum atomic E-state index is 12.7. The predicted molar refractivity (Wildman–Crippen MR) is 103 cm³/mol. The molecule has 1 atom stereocenters. The number of carbonyl (C=O) groups excluding carboxylic acids is 1. The van der Waals surface area contributed by atoms with E-state index in [-0.39, 0.29) is 5.92 Å². The zero-order chi connectivity index (χ0) is 17.8. The Labute approximate surface area is 156 Å². The predicted octanol–water partition coefficient (Wildman–Crippen LogP) is 2.16. The highest BCUT2D eigenvalue weighted by molar-refractivity contribution is 5.79. The number of aromatic nitrogens is 1. The van der Waals surface area contributed by atoms with Crippen molar-refractivity contribution in [3.05, 3.63) is 42.2 Å². The molecular formula is C21H30N4O. The number of nitrogens with zero attached hydrogens (tertiary/aromatic N) is 4. The van der Waals surface area contributed by atoms with Gasteiger partial charge in [-0.05, 0) is 56.9 Å². The van der Waals surface area contributed by atoms with Crippen molar-refractivity contribution >= 4 is 5.91 Å². The Kier molecular flexibility index (Phi) is 5.65. The summed E-state index contributed by atoms with van der Waals surface area (Å²) in [6.07, 6.45) is 12.7. The molecule has 2 saturated heterocycles. The molecule has 0 bridgehead atoms. The van der Waals surface area contributed by atoms with Crippen molar-refractivity contribution in [1.29, 1.82) is 0 Å². The molecule has 4 rings (SSSR count). The molecule has 2 fully saturated rings. The van der Waals surface area contributed by atoms with Gasteiger partial charge in [-0.1, -0.05) is 18.2 Å². The van der Waals surface area contributed by atoms with Gasteiger partial charge in [-0.25, -0.2) is 0 Å². The van der Waals surface area contributed by atoms with E-state index in [1.54, 1.807) is 0 Å². The van der Waals surface area contributed by atoms with E-state index in [9.17, 15) is 4.79 Å². The standard InChI is InChI=1S/C21H30N4O/c26-21(24-10-1-2-11-24)19-6-4-12-25(17-19)20-7-13-23(14-8-20)16-18-5-3-9-22-15-18/h1-3,5,9,15,19-20H,4,6-8,10-14,16-17H2. The lowest BCUT2D eigenvalue weighted by molar-refractivity contribution is -0.136. The van der Waals surface area contributed by atoms with E-state index in [1.807, 2.05) is 23.4 Å². The van der Waals surface area contributed by atoms with Gasteiger partial charge in [-0.3, -0.25) is 19.6 Å². The molecule has 1 aromatic rings. The number of piperidine rings is 2. The van der Waals surface area contributed by atoms with Gasteiger partial charge in [0.25, 0.3) is 0 Å². The molecule has 140 valence electrons. The number of carbonyl (C=O) groups is 1. The Bertz CT molecular complexity index is 616. The number of amides is 1. The van der Waals surface area contributed by atoms with Crippen molar-refractivity contribution in [2.75, 3.05) is 39.3 Å². The number of hydrogen-bond acceptors (Lipinski definition) is 4. The van der Waals surface area contributed by atoms with Gasteiger partial charge in [-0.2, -0.15) is 0 Å². The highest BCUT2D eigenvalue weighted by Gasteiger charge is 2.33. The molecule has 26 heavy (non-hydrogen) atoms. The summed E-state index contributed by atoms with van der Waals surface area (Å²) in [5.74, 6) is 0.575. The lowest BCUT2D eigenvalue weighted by Crippen LogP contribution is -2.51. The van der Waals surface area contributed by atoms with Gasteiger partial charge in [0.2, 0.25) is 5.91 Å². The van der Waals surface area contributed by atoms with Crippen LogP contribution in [0.3, 0.4) is 0 Å². The molecule has 0 N–H and O–H groups in total. The molecule has 3 aliphatic heterocycles. The quantitative estimate of drug-likeness (QED) is 0.777. The van der Waals surface area contributed by atoms with Crippen LogP contribution in [-0.4, -0.2) is 70.9 Å². The average molecular weight is 354 g/mol. The maximum Gasteiger partial charge on any atom is 0.227 e. The van der Waals surface area contributed by atoms with Crippen LogP contribution in [-0.2, 0) is 11.3 Å². The molecule has 0 aromatic carbocycles. The maximum absolute atomic E-state index is 12.7. The van der Waals surface area contributed by atoms with Crippen LogP contribution in [0.2, 0.25) is 0 Å². The van der Waals surface area contributed by atoms with Crippen LogP contribution in [0.25, 0.3) is 0 Å².